The number of carbonyl (C=O) groups is 1. The molecule has 2 N–H and O–H groups in total. The minimum atomic E-state index is -0.416. The maximum absolute atomic E-state index is 11.7. The number of hydrogen-bond donors (Lipinski definition) is 2. The number of hydrogen-bond acceptors (Lipinski definition) is 3. The SMILES string of the molecule is CC(C)C1CCC(NC2CC(NC(=O)OC(C)(C)C)C2)CC1. The highest BCUT2D eigenvalue weighted by atomic mass is 16.6. The number of rotatable bonds is 4. The lowest BCUT2D eigenvalue weighted by Crippen LogP contribution is -2.55. The van der Waals surface area contributed by atoms with Gasteiger partial charge in [-0.2, -0.15) is 0 Å². The lowest BCUT2D eigenvalue weighted by Gasteiger charge is -2.41. The smallest absolute Gasteiger partial charge is 0.407 e. The van der Waals surface area contributed by atoms with E-state index in [-0.39, 0.29) is 12.1 Å². The van der Waals surface area contributed by atoms with Crippen LogP contribution in [0.25, 0.3) is 0 Å². The van der Waals surface area contributed by atoms with Crippen LogP contribution in [0, 0.1) is 11.8 Å². The molecule has 0 atom stereocenters. The summed E-state index contributed by atoms with van der Waals surface area (Å²) in [6.07, 6.45) is 7.12. The van der Waals surface area contributed by atoms with E-state index in [1.54, 1.807) is 0 Å². The van der Waals surface area contributed by atoms with Gasteiger partial charge in [-0.3, -0.25) is 0 Å². The lowest BCUT2D eigenvalue weighted by atomic mass is 9.78. The van der Waals surface area contributed by atoms with Crippen LogP contribution in [0.4, 0.5) is 4.79 Å². The Balaban J connectivity index is 1.59. The molecule has 2 saturated carbocycles. The summed E-state index contributed by atoms with van der Waals surface area (Å²) < 4.78 is 5.29. The minimum Gasteiger partial charge on any atom is -0.444 e. The molecule has 0 aromatic carbocycles. The number of nitrogens with one attached hydrogen (secondary N) is 2. The van der Waals surface area contributed by atoms with Crippen molar-refractivity contribution in [1.82, 2.24) is 10.6 Å². The molecule has 22 heavy (non-hydrogen) atoms. The van der Waals surface area contributed by atoms with Gasteiger partial charge in [-0.1, -0.05) is 13.8 Å². The zero-order valence-electron chi connectivity index (χ0n) is 14.9. The van der Waals surface area contributed by atoms with E-state index in [0.717, 1.165) is 24.7 Å². The van der Waals surface area contributed by atoms with E-state index in [4.69, 9.17) is 4.74 Å². The fourth-order valence-corrected chi connectivity index (χ4v) is 3.63. The van der Waals surface area contributed by atoms with E-state index in [2.05, 4.69) is 24.5 Å². The van der Waals surface area contributed by atoms with Gasteiger partial charge in [0.05, 0.1) is 0 Å². The molecule has 4 heteroatoms. The highest BCUT2D eigenvalue weighted by molar-refractivity contribution is 5.68. The van der Waals surface area contributed by atoms with E-state index in [0.29, 0.717) is 12.1 Å². The van der Waals surface area contributed by atoms with Crippen molar-refractivity contribution in [2.45, 2.75) is 96.9 Å². The third-order valence-corrected chi connectivity index (χ3v) is 5.04. The van der Waals surface area contributed by atoms with Crippen molar-refractivity contribution in [2.24, 2.45) is 11.8 Å². The van der Waals surface area contributed by atoms with Gasteiger partial charge < -0.3 is 15.4 Å². The van der Waals surface area contributed by atoms with Crippen molar-refractivity contribution < 1.29 is 9.53 Å². The van der Waals surface area contributed by atoms with Gasteiger partial charge >= 0.3 is 6.09 Å². The third-order valence-electron chi connectivity index (χ3n) is 5.04. The summed E-state index contributed by atoms with van der Waals surface area (Å²) in [5, 5.41) is 6.74. The van der Waals surface area contributed by atoms with Gasteiger partial charge in [0, 0.05) is 18.1 Å². The maximum Gasteiger partial charge on any atom is 0.407 e. The molecule has 2 rings (SSSR count). The molecule has 2 aliphatic carbocycles. The lowest BCUT2D eigenvalue weighted by molar-refractivity contribution is 0.0460. The zero-order valence-corrected chi connectivity index (χ0v) is 14.9. The molecule has 2 aliphatic rings. The molecule has 0 spiro atoms. The van der Waals surface area contributed by atoms with Gasteiger partial charge in [0.15, 0.2) is 0 Å². The molecule has 0 heterocycles. The number of carbonyl (C=O) groups excluding carboxylic acids is 1. The first kappa shape index (κ1) is 17.6. The number of amides is 1. The van der Waals surface area contributed by atoms with Gasteiger partial charge in [-0.05, 0) is 71.1 Å². The van der Waals surface area contributed by atoms with Crippen molar-refractivity contribution in [3.8, 4) is 0 Å². The Labute approximate surface area is 135 Å². The average molecular weight is 310 g/mol. The van der Waals surface area contributed by atoms with Crippen LogP contribution in [0.3, 0.4) is 0 Å². The van der Waals surface area contributed by atoms with Crippen LogP contribution in [0.15, 0.2) is 0 Å². The van der Waals surface area contributed by atoms with Crippen LogP contribution in [0.2, 0.25) is 0 Å². The molecule has 0 aromatic rings. The van der Waals surface area contributed by atoms with Crippen LogP contribution in [0.1, 0.15) is 73.1 Å². The van der Waals surface area contributed by atoms with Crippen LogP contribution in [-0.4, -0.2) is 29.8 Å². The van der Waals surface area contributed by atoms with E-state index >= 15 is 0 Å². The maximum atomic E-state index is 11.7. The Bertz CT molecular complexity index is 362. The van der Waals surface area contributed by atoms with Gasteiger partial charge in [-0.25, -0.2) is 4.79 Å². The monoisotopic (exact) mass is 310 g/mol. The Hall–Kier alpha value is -0.770. The van der Waals surface area contributed by atoms with E-state index in [9.17, 15) is 4.79 Å². The second-order valence-corrected chi connectivity index (χ2v) is 8.53. The van der Waals surface area contributed by atoms with Crippen LogP contribution in [0.5, 0.6) is 0 Å². The fourth-order valence-electron chi connectivity index (χ4n) is 3.63. The molecule has 1 amide bonds. The van der Waals surface area contributed by atoms with Gasteiger partial charge in [0.1, 0.15) is 5.60 Å². The number of alkyl carbamates (subject to hydrolysis) is 1. The molecule has 0 radical (unpaired) electrons. The largest absolute Gasteiger partial charge is 0.444 e. The normalized spacial score (nSPS) is 32.5. The molecule has 0 saturated heterocycles. The summed E-state index contributed by atoms with van der Waals surface area (Å²) in [6.45, 7) is 10.4. The molecule has 128 valence electrons. The Kier molecular flexibility index (Phi) is 5.76. The molecule has 0 aromatic heterocycles. The molecule has 4 nitrogen and oxygen atoms in total. The highest BCUT2D eigenvalue weighted by Gasteiger charge is 2.33. The predicted octanol–water partition coefficient (Wildman–Crippen LogP) is 3.85. The molecular weight excluding hydrogens is 276 g/mol. The first-order valence-electron chi connectivity index (χ1n) is 8.98. The van der Waals surface area contributed by atoms with Gasteiger partial charge in [-0.15, -0.1) is 0 Å². The minimum absolute atomic E-state index is 0.277. The van der Waals surface area contributed by atoms with Crippen molar-refractivity contribution in [3.63, 3.8) is 0 Å². The third kappa shape index (κ3) is 5.45. The first-order valence-corrected chi connectivity index (χ1v) is 8.98. The summed E-state index contributed by atoms with van der Waals surface area (Å²) >= 11 is 0. The summed E-state index contributed by atoms with van der Waals surface area (Å²) in [5.41, 5.74) is -0.416. The number of ether oxygens (including phenoxy) is 1. The van der Waals surface area contributed by atoms with Crippen LogP contribution < -0.4 is 10.6 Å². The van der Waals surface area contributed by atoms with E-state index in [1.165, 1.54) is 25.7 Å². The average Bonchev–Trinajstić information content (AvgIpc) is 2.34. The molecule has 0 unspecified atom stereocenters. The quantitative estimate of drug-likeness (QED) is 0.829. The summed E-state index contributed by atoms with van der Waals surface area (Å²) in [4.78, 5) is 11.7. The van der Waals surface area contributed by atoms with Crippen LogP contribution in [-0.2, 0) is 4.74 Å². The van der Waals surface area contributed by atoms with Gasteiger partial charge in [0.2, 0.25) is 0 Å². The van der Waals surface area contributed by atoms with Crippen molar-refractivity contribution in [3.05, 3.63) is 0 Å². The van der Waals surface area contributed by atoms with Crippen LogP contribution >= 0.6 is 0 Å². The summed E-state index contributed by atoms with van der Waals surface area (Å²) in [6, 6.07) is 1.53. The Morgan fingerprint density at radius 3 is 2.09 bits per heavy atom. The molecule has 0 aliphatic heterocycles. The topological polar surface area (TPSA) is 50.4 Å². The Morgan fingerprint density at radius 2 is 1.59 bits per heavy atom. The summed E-state index contributed by atoms with van der Waals surface area (Å²) in [7, 11) is 0. The second-order valence-electron chi connectivity index (χ2n) is 8.53. The van der Waals surface area contributed by atoms with Crippen molar-refractivity contribution in [1.29, 1.82) is 0 Å². The first-order chi connectivity index (χ1) is 10.2. The van der Waals surface area contributed by atoms with E-state index in [1.807, 2.05) is 20.8 Å². The summed E-state index contributed by atoms with van der Waals surface area (Å²) in [5.74, 6) is 1.74. The second kappa shape index (κ2) is 7.20. The van der Waals surface area contributed by atoms with Gasteiger partial charge in [0.25, 0.3) is 0 Å². The van der Waals surface area contributed by atoms with E-state index < -0.39 is 5.60 Å². The predicted molar refractivity (Wildman–Crippen MR) is 89.9 cm³/mol. The van der Waals surface area contributed by atoms with Crippen molar-refractivity contribution in [2.75, 3.05) is 0 Å². The molecule has 2 fully saturated rings. The zero-order chi connectivity index (χ0) is 16.3. The molecule has 0 bridgehead atoms. The standard InChI is InChI=1S/C18H34N2O2/c1-12(2)13-6-8-14(9-7-13)19-15-10-16(11-15)20-17(21)22-18(3,4)5/h12-16,19H,6-11H2,1-5H3,(H,20,21). The fraction of sp³-hybridized carbons (Fsp3) is 0.944. The molecular formula is C18H34N2O2. The highest BCUT2D eigenvalue weighted by Crippen LogP contribution is 2.31. The Morgan fingerprint density at radius 1 is 1.00 bits per heavy atom. The van der Waals surface area contributed by atoms with Crippen molar-refractivity contribution >= 4 is 6.09 Å².